The van der Waals surface area contributed by atoms with Crippen molar-refractivity contribution in [1.29, 1.82) is 0 Å². The second kappa shape index (κ2) is 8.04. The maximum absolute atomic E-state index is 11.8. The number of benzene rings is 1. The number of ether oxygens (including phenoxy) is 1. The second-order valence-corrected chi connectivity index (χ2v) is 7.10. The Morgan fingerprint density at radius 1 is 1.21 bits per heavy atom. The van der Waals surface area contributed by atoms with Gasteiger partial charge in [0.1, 0.15) is 5.60 Å². The first-order chi connectivity index (χ1) is 11.3. The molecule has 6 heteroatoms. The van der Waals surface area contributed by atoms with Crippen molar-refractivity contribution >= 4 is 17.7 Å². The van der Waals surface area contributed by atoms with E-state index >= 15 is 0 Å². The van der Waals surface area contributed by atoms with Crippen molar-refractivity contribution in [2.45, 2.75) is 32.8 Å². The van der Waals surface area contributed by atoms with Gasteiger partial charge in [0, 0.05) is 25.3 Å². The van der Waals surface area contributed by atoms with E-state index in [0.717, 1.165) is 19.5 Å². The molecular formula is C18H27N3O3. The molecule has 1 atom stereocenters. The van der Waals surface area contributed by atoms with Gasteiger partial charge in [-0.25, -0.2) is 4.79 Å². The van der Waals surface area contributed by atoms with Gasteiger partial charge in [-0.05, 0) is 45.2 Å². The first-order valence-electron chi connectivity index (χ1n) is 8.37. The lowest BCUT2D eigenvalue weighted by atomic mass is 10.1. The number of rotatable bonds is 5. The predicted molar refractivity (Wildman–Crippen MR) is 94.0 cm³/mol. The third-order valence-electron chi connectivity index (χ3n) is 3.79. The van der Waals surface area contributed by atoms with Crippen LogP contribution in [0, 0.1) is 5.92 Å². The van der Waals surface area contributed by atoms with Crippen molar-refractivity contribution in [2.24, 2.45) is 5.92 Å². The highest BCUT2D eigenvalue weighted by molar-refractivity contribution is 5.82. The highest BCUT2D eigenvalue weighted by Crippen LogP contribution is 2.22. The second-order valence-electron chi connectivity index (χ2n) is 7.10. The van der Waals surface area contributed by atoms with Crippen molar-refractivity contribution in [3.8, 4) is 0 Å². The first-order valence-corrected chi connectivity index (χ1v) is 8.37. The molecule has 0 bridgehead atoms. The van der Waals surface area contributed by atoms with Crippen LogP contribution >= 0.6 is 0 Å². The standard InChI is InChI=1S/C18H27N3O3/c1-18(2,3)24-17(23)20-12-16(22)19-11-14-9-10-21(13-14)15-7-5-4-6-8-15/h4-8,14H,9-13H2,1-3H3,(H,19,22)(H,20,23)/t14-/m1/s1. The van der Waals surface area contributed by atoms with Gasteiger partial charge in [-0.1, -0.05) is 18.2 Å². The normalized spacial score (nSPS) is 17.5. The minimum absolute atomic E-state index is 0.0654. The maximum atomic E-state index is 11.8. The highest BCUT2D eigenvalue weighted by atomic mass is 16.6. The molecule has 1 aromatic rings. The van der Waals surface area contributed by atoms with Gasteiger partial charge in [0.2, 0.25) is 5.91 Å². The molecule has 0 unspecified atom stereocenters. The topological polar surface area (TPSA) is 70.7 Å². The molecule has 0 spiro atoms. The van der Waals surface area contributed by atoms with Crippen LogP contribution in [0.5, 0.6) is 0 Å². The van der Waals surface area contributed by atoms with Gasteiger partial charge in [0.05, 0.1) is 6.54 Å². The molecule has 1 aliphatic heterocycles. The van der Waals surface area contributed by atoms with E-state index in [0.29, 0.717) is 12.5 Å². The summed E-state index contributed by atoms with van der Waals surface area (Å²) >= 11 is 0. The summed E-state index contributed by atoms with van der Waals surface area (Å²) in [5.74, 6) is 0.231. The Labute approximate surface area is 143 Å². The van der Waals surface area contributed by atoms with E-state index in [1.54, 1.807) is 20.8 Å². The lowest BCUT2D eigenvalue weighted by molar-refractivity contribution is -0.120. The molecule has 2 N–H and O–H groups in total. The third-order valence-corrected chi connectivity index (χ3v) is 3.79. The molecule has 1 heterocycles. The third kappa shape index (κ3) is 6.10. The van der Waals surface area contributed by atoms with Gasteiger partial charge in [-0.3, -0.25) is 4.79 Å². The fraction of sp³-hybridized carbons (Fsp3) is 0.556. The van der Waals surface area contributed by atoms with E-state index in [-0.39, 0.29) is 12.5 Å². The summed E-state index contributed by atoms with van der Waals surface area (Å²) in [6.45, 7) is 7.84. The number of alkyl carbamates (subject to hydrolysis) is 1. The van der Waals surface area contributed by atoms with E-state index < -0.39 is 11.7 Å². The van der Waals surface area contributed by atoms with Gasteiger partial charge in [0.15, 0.2) is 0 Å². The summed E-state index contributed by atoms with van der Waals surface area (Å²) < 4.78 is 5.09. The number of para-hydroxylation sites is 1. The minimum atomic E-state index is -0.575. The molecule has 1 saturated heterocycles. The molecule has 0 saturated carbocycles. The number of hydrogen-bond donors (Lipinski definition) is 2. The molecule has 6 nitrogen and oxygen atoms in total. The lowest BCUT2D eigenvalue weighted by Gasteiger charge is -2.20. The number of nitrogens with zero attached hydrogens (tertiary/aromatic N) is 1. The monoisotopic (exact) mass is 333 g/mol. The van der Waals surface area contributed by atoms with Crippen molar-refractivity contribution < 1.29 is 14.3 Å². The Morgan fingerprint density at radius 2 is 1.92 bits per heavy atom. The minimum Gasteiger partial charge on any atom is -0.444 e. The molecule has 2 rings (SSSR count). The van der Waals surface area contributed by atoms with Gasteiger partial charge in [-0.2, -0.15) is 0 Å². The predicted octanol–water partition coefficient (Wildman–Crippen LogP) is 2.15. The molecule has 1 aliphatic rings. The number of nitrogens with one attached hydrogen (secondary N) is 2. The number of anilines is 1. The van der Waals surface area contributed by atoms with Crippen LogP contribution in [0.4, 0.5) is 10.5 Å². The largest absolute Gasteiger partial charge is 0.444 e. The van der Waals surface area contributed by atoms with E-state index in [4.69, 9.17) is 4.74 Å². The Bertz CT molecular complexity index is 554. The molecule has 1 fully saturated rings. The van der Waals surface area contributed by atoms with Gasteiger partial charge in [0.25, 0.3) is 0 Å². The van der Waals surface area contributed by atoms with Crippen LogP contribution in [0.1, 0.15) is 27.2 Å². The van der Waals surface area contributed by atoms with Crippen LogP contribution in [0.15, 0.2) is 30.3 Å². The van der Waals surface area contributed by atoms with E-state index in [2.05, 4.69) is 27.7 Å². The zero-order chi connectivity index (χ0) is 17.6. The summed E-state index contributed by atoms with van der Waals surface area (Å²) in [7, 11) is 0. The van der Waals surface area contributed by atoms with E-state index in [1.165, 1.54) is 5.69 Å². The van der Waals surface area contributed by atoms with Gasteiger partial charge in [-0.15, -0.1) is 0 Å². The fourth-order valence-electron chi connectivity index (χ4n) is 2.66. The van der Waals surface area contributed by atoms with Crippen molar-refractivity contribution in [1.82, 2.24) is 10.6 Å². The zero-order valence-electron chi connectivity index (χ0n) is 14.7. The molecule has 0 radical (unpaired) electrons. The Balaban J connectivity index is 1.65. The van der Waals surface area contributed by atoms with Crippen LogP contribution in [0.2, 0.25) is 0 Å². The summed E-state index contributed by atoms with van der Waals surface area (Å²) in [4.78, 5) is 25.7. The van der Waals surface area contributed by atoms with Crippen molar-refractivity contribution in [3.63, 3.8) is 0 Å². The smallest absolute Gasteiger partial charge is 0.408 e. The van der Waals surface area contributed by atoms with E-state index in [1.807, 2.05) is 18.2 Å². The number of amides is 2. The van der Waals surface area contributed by atoms with E-state index in [9.17, 15) is 9.59 Å². The SMILES string of the molecule is CC(C)(C)OC(=O)NCC(=O)NC[C@H]1CCN(c2ccccc2)C1. The average molecular weight is 333 g/mol. The molecular weight excluding hydrogens is 306 g/mol. The molecule has 1 aromatic carbocycles. The van der Waals surface area contributed by atoms with Crippen LogP contribution in [0.3, 0.4) is 0 Å². The summed E-state index contributed by atoms with van der Waals surface area (Å²) in [5, 5.41) is 5.34. The maximum Gasteiger partial charge on any atom is 0.408 e. The number of carbonyl (C=O) groups excluding carboxylic acids is 2. The number of carbonyl (C=O) groups is 2. The van der Waals surface area contributed by atoms with Crippen molar-refractivity contribution in [2.75, 3.05) is 31.1 Å². The van der Waals surface area contributed by atoms with Crippen LogP contribution < -0.4 is 15.5 Å². The van der Waals surface area contributed by atoms with Crippen LogP contribution in [-0.4, -0.2) is 43.8 Å². The quantitative estimate of drug-likeness (QED) is 0.866. The van der Waals surface area contributed by atoms with Crippen LogP contribution in [-0.2, 0) is 9.53 Å². The zero-order valence-corrected chi connectivity index (χ0v) is 14.7. The Kier molecular flexibility index (Phi) is 6.06. The average Bonchev–Trinajstić information content (AvgIpc) is 2.99. The molecule has 2 amide bonds. The molecule has 0 aromatic heterocycles. The molecule has 0 aliphatic carbocycles. The lowest BCUT2D eigenvalue weighted by Crippen LogP contribution is -2.41. The Morgan fingerprint density at radius 3 is 2.58 bits per heavy atom. The highest BCUT2D eigenvalue weighted by Gasteiger charge is 2.23. The summed E-state index contributed by atoms with van der Waals surface area (Å²) in [6.07, 6.45) is 0.475. The Hall–Kier alpha value is -2.24. The van der Waals surface area contributed by atoms with Gasteiger partial charge >= 0.3 is 6.09 Å². The van der Waals surface area contributed by atoms with Gasteiger partial charge < -0.3 is 20.3 Å². The fourth-order valence-corrected chi connectivity index (χ4v) is 2.66. The summed E-state index contributed by atoms with van der Waals surface area (Å²) in [5.41, 5.74) is 0.656. The molecule has 24 heavy (non-hydrogen) atoms. The van der Waals surface area contributed by atoms with Crippen LogP contribution in [0.25, 0.3) is 0 Å². The summed E-state index contributed by atoms with van der Waals surface area (Å²) in [6, 6.07) is 10.3. The molecule has 132 valence electrons. The number of hydrogen-bond acceptors (Lipinski definition) is 4. The first kappa shape index (κ1) is 18.1. The van der Waals surface area contributed by atoms with Crippen molar-refractivity contribution in [3.05, 3.63) is 30.3 Å².